The third-order valence-corrected chi connectivity index (χ3v) is 10.5. The van der Waals surface area contributed by atoms with Gasteiger partial charge in [-0.3, -0.25) is 9.59 Å². The van der Waals surface area contributed by atoms with Gasteiger partial charge in [0.15, 0.2) is 5.78 Å². The van der Waals surface area contributed by atoms with Crippen molar-refractivity contribution < 1.29 is 23.9 Å². The number of rotatable bonds is 5. The fourth-order valence-electron chi connectivity index (χ4n) is 8.23. The summed E-state index contributed by atoms with van der Waals surface area (Å²) in [6.07, 6.45) is 5.07. The number of thiophene rings is 1. The number of hydrogen-bond donors (Lipinski definition) is 0. The highest BCUT2D eigenvalue weighted by Crippen LogP contribution is 2.73. The predicted octanol–water partition coefficient (Wildman–Crippen LogP) is 5.93. The zero-order valence-electron chi connectivity index (χ0n) is 20.7. The molecule has 5 nitrogen and oxygen atoms in total. The molecule has 5 unspecified atom stereocenters. The summed E-state index contributed by atoms with van der Waals surface area (Å²) < 4.78 is 11.6. The Morgan fingerprint density at radius 2 is 1.89 bits per heavy atom. The van der Waals surface area contributed by atoms with Crippen molar-refractivity contribution >= 4 is 29.1 Å². The van der Waals surface area contributed by atoms with Crippen LogP contribution in [0, 0.1) is 34.0 Å². The van der Waals surface area contributed by atoms with Gasteiger partial charge in [-0.05, 0) is 72.1 Å². The molecule has 5 aliphatic carbocycles. The Balaban J connectivity index is 1.57. The van der Waals surface area contributed by atoms with Crippen molar-refractivity contribution in [3.05, 3.63) is 58.8 Å². The molecule has 1 aromatic heterocycles. The van der Waals surface area contributed by atoms with Gasteiger partial charge in [0.25, 0.3) is 0 Å². The van der Waals surface area contributed by atoms with Crippen LogP contribution in [0.15, 0.2) is 54.0 Å². The topological polar surface area (TPSA) is 69.7 Å². The van der Waals surface area contributed by atoms with Gasteiger partial charge in [-0.25, -0.2) is 4.79 Å². The molecule has 6 rings (SSSR count). The van der Waals surface area contributed by atoms with Crippen LogP contribution in [0.1, 0.15) is 62.0 Å². The minimum atomic E-state index is -0.717. The molecule has 5 aliphatic rings. The van der Waals surface area contributed by atoms with E-state index in [0.717, 1.165) is 49.7 Å². The maximum Gasteiger partial charge on any atom is 0.348 e. The van der Waals surface area contributed by atoms with Crippen molar-refractivity contribution in [2.45, 2.75) is 52.4 Å². The summed E-state index contributed by atoms with van der Waals surface area (Å²) in [5.41, 5.74) is 0.755. The molecule has 1 aromatic rings. The number of ketones is 1. The highest BCUT2D eigenvalue weighted by Gasteiger charge is 2.71. The van der Waals surface area contributed by atoms with E-state index in [0.29, 0.717) is 16.4 Å². The SMILES string of the molecule is C=C1C(=C)C23CCC1CC2C1(COC(C)=O)CCC[C@@](C)(COC(=O)c2cccs2)C1C(=C)C3=O. The lowest BCUT2D eigenvalue weighted by atomic mass is 9.34. The molecule has 0 amide bonds. The molecular formula is C29H34O5S. The van der Waals surface area contributed by atoms with Crippen LogP contribution in [0.5, 0.6) is 0 Å². The van der Waals surface area contributed by atoms with E-state index in [1.807, 2.05) is 11.4 Å². The second kappa shape index (κ2) is 8.29. The second-order valence-corrected chi connectivity index (χ2v) is 12.3. The summed E-state index contributed by atoms with van der Waals surface area (Å²) in [6, 6.07) is 3.58. The van der Waals surface area contributed by atoms with Crippen molar-refractivity contribution in [3.8, 4) is 0 Å². The Kier molecular flexibility index (Phi) is 5.74. The maximum absolute atomic E-state index is 14.2. The van der Waals surface area contributed by atoms with Gasteiger partial charge in [-0.2, -0.15) is 0 Å². The number of ether oxygens (including phenoxy) is 2. The molecule has 0 radical (unpaired) electrons. The number of fused-ring (bicyclic) bond motifs is 3. The Bertz CT molecular complexity index is 1130. The highest BCUT2D eigenvalue weighted by atomic mass is 32.1. The quantitative estimate of drug-likeness (QED) is 0.375. The molecular weight excluding hydrogens is 460 g/mol. The number of carbonyl (C=O) groups is 3. The fourth-order valence-corrected chi connectivity index (χ4v) is 8.85. The summed E-state index contributed by atoms with van der Waals surface area (Å²) >= 11 is 1.35. The van der Waals surface area contributed by atoms with Crippen LogP contribution in [0.2, 0.25) is 0 Å². The third kappa shape index (κ3) is 3.35. The minimum Gasteiger partial charge on any atom is -0.465 e. The number of hydrogen-bond acceptors (Lipinski definition) is 6. The van der Waals surface area contributed by atoms with Crippen molar-refractivity contribution in [2.75, 3.05) is 13.2 Å². The molecule has 6 atom stereocenters. The van der Waals surface area contributed by atoms with Crippen LogP contribution >= 0.6 is 11.3 Å². The molecule has 5 fully saturated rings. The van der Waals surface area contributed by atoms with Gasteiger partial charge >= 0.3 is 11.9 Å². The van der Waals surface area contributed by atoms with E-state index in [9.17, 15) is 14.4 Å². The van der Waals surface area contributed by atoms with Gasteiger partial charge in [0.05, 0.1) is 18.6 Å². The lowest BCUT2D eigenvalue weighted by molar-refractivity contribution is -0.185. The van der Waals surface area contributed by atoms with Gasteiger partial charge in [-0.15, -0.1) is 11.3 Å². The highest BCUT2D eigenvalue weighted by molar-refractivity contribution is 7.11. The van der Waals surface area contributed by atoms with Crippen LogP contribution in [-0.4, -0.2) is 30.9 Å². The first-order chi connectivity index (χ1) is 16.6. The molecule has 5 saturated carbocycles. The van der Waals surface area contributed by atoms with Gasteiger partial charge in [-0.1, -0.05) is 39.1 Å². The van der Waals surface area contributed by atoms with Crippen molar-refractivity contribution in [3.63, 3.8) is 0 Å². The Hall–Kier alpha value is -2.47. The molecule has 0 saturated heterocycles. The number of allylic oxidation sites excluding steroid dienone is 3. The van der Waals surface area contributed by atoms with E-state index in [4.69, 9.17) is 9.47 Å². The van der Waals surface area contributed by atoms with Crippen LogP contribution in [-0.2, 0) is 19.1 Å². The van der Waals surface area contributed by atoms with Gasteiger partial charge < -0.3 is 9.47 Å². The van der Waals surface area contributed by atoms with Crippen LogP contribution in [0.25, 0.3) is 0 Å². The van der Waals surface area contributed by atoms with Crippen LogP contribution < -0.4 is 0 Å². The summed E-state index contributed by atoms with van der Waals surface area (Å²) in [4.78, 5) is 39.5. The van der Waals surface area contributed by atoms with Gasteiger partial charge in [0.2, 0.25) is 0 Å². The van der Waals surface area contributed by atoms with E-state index in [1.54, 1.807) is 6.07 Å². The summed E-state index contributed by atoms with van der Waals surface area (Å²) in [7, 11) is 0. The minimum absolute atomic E-state index is 0.00159. The smallest absolute Gasteiger partial charge is 0.348 e. The van der Waals surface area contributed by atoms with Gasteiger partial charge in [0.1, 0.15) is 4.88 Å². The average molecular weight is 495 g/mol. The summed E-state index contributed by atoms with van der Waals surface area (Å²) in [6.45, 7) is 17.1. The van der Waals surface area contributed by atoms with Crippen LogP contribution in [0.4, 0.5) is 0 Å². The van der Waals surface area contributed by atoms with Crippen molar-refractivity contribution in [1.82, 2.24) is 0 Å². The fraction of sp³-hybridized carbons (Fsp3) is 0.552. The Labute approximate surface area is 211 Å². The van der Waals surface area contributed by atoms with Crippen molar-refractivity contribution in [2.24, 2.45) is 34.0 Å². The van der Waals surface area contributed by atoms with Crippen LogP contribution in [0.3, 0.4) is 0 Å². The first-order valence-corrected chi connectivity index (χ1v) is 13.4. The number of esters is 2. The second-order valence-electron chi connectivity index (χ2n) is 11.4. The number of carbonyl (C=O) groups excluding carboxylic acids is 3. The Morgan fingerprint density at radius 3 is 2.57 bits per heavy atom. The molecule has 0 N–H and O–H groups in total. The zero-order valence-corrected chi connectivity index (χ0v) is 21.5. The Morgan fingerprint density at radius 1 is 1.11 bits per heavy atom. The van der Waals surface area contributed by atoms with E-state index in [1.165, 1.54) is 18.3 Å². The van der Waals surface area contributed by atoms with E-state index >= 15 is 0 Å². The van der Waals surface area contributed by atoms with E-state index < -0.39 is 16.2 Å². The van der Waals surface area contributed by atoms with Crippen molar-refractivity contribution in [1.29, 1.82) is 0 Å². The average Bonchev–Trinajstić information content (AvgIpc) is 3.38. The molecule has 0 aliphatic heterocycles. The van der Waals surface area contributed by atoms with Gasteiger partial charge in [0, 0.05) is 23.7 Å². The molecule has 186 valence electrons. The third-order valence-electron chi connectivity index (χ3n) is 9.62. The monoisotopic (exact) mass is 494 g/mol. The molecule has 1 spiro atoms. The molecule has 0 aromatic carbocycles. The zero-order chi connectivity index (χ0) is 25.2. The molecule has 2 bridgehead atoms. The number of Topliss-reactive ketones (excluding diaryl/α,β-unsaturated/α-hetero) is 1. The molecule has 6 heteroatoms. The first-order valence-electron chi connectivity index (χ1n) is 12.5. The lowest BCUT2D eigenvalue weighted by Crippen LogP contribution is -2.67. The van der Waals surface area contributed by atoms with E-state index in [2.05, 4.69) is 26.7 Å². The largest absolute Gasteiger partial charge is 0.465 e. The predicted molar refractivity (Wildman–Crippen MR) is 135 cm³/mol. The van der Waals surface area contributed by atoms with E-state index in [-0.39, 0.29) is 42.8 Å². The summed E-state index contributed by atoms with van der Waals surface area (Å²) in [5, 5.41) is 1.85. The summed E-state index contributed by atoms with van der Waals surface area (Å²) in [5.74, 6) is -0.552. The molecule has 1 heterocycles. The molecule has 35 heavy (non-hydrogen) atoms. The first kappa shape index (κ1) is 24.2. The normalized spacial score (nSPS) is 38.1. The maximum atomic E-state index is 14.2. The lowest BCUT2D eigenvalue weighted by Gasteiger charge is -2.68. The standard InChI is InChI=1S/C29H34O5S/c1-17-19(3)29-12-9-21(17)14-23(29)28(16-33-20(4)30)11-7-10-27(5,24(28)18(2)25(29)31)15-34-26(32)22-8-6-13-35-22/h6,8,13,21,23-24H,1-3,7,9-12,14-16H2,4-5H3/t21?,23?,24?,27-,28?,29?/m0/s1.